The van der Waals surface area contributed by atoms with Crippen molar-refractivity contribution >= 4 is 11.6 Å². The molecule has 0 spiro atoms. The zero-order chi connectivity index (χ0) is 12.0. The Hall–Kier alpha value is -0.570. The predicted molar refractivity (Wildman–Crippen MR) is 71.2 cm³/mol. The van der Waals surface area contributed by atoms with Gasteiger partial charge in [-0.2, -0.15) is 0 Å². The van der Waals surface area contributed by atoms with Crippen LogP contribution in [0, 0.1) is 0 Å². The first-order valence-electron chi connectivity index (χ1n) is 5.68. The van der Waals surface area contributed by atoms with E-state index < -0.39 is 0 Å². The van der Waals surface area contributed by atoms with Crippen molar-refractivity contribution in [2.24, 2.45) is 0 Å². The molecule has 0 fully saturated rings. The van der Waals surface area contributed by atoms with Crippen LogP contribution in [-0.4, -0.2) is 38.6 Å². The molecule has 0 saturated heterocycles. The summed E-state index contributed by atoms with van der Waals surface area (Å²) in [5.41, 5.74) is 1.30. The van der Waals surface area contributed by atoms with Gasteiger partial charge in [-0.15, -0.1) is 0 Å². The Kier molecular flexibility index (Phi) is 5.81. The van der Waals surface area contributed by atoms with Crippen molar-refractivity contribution in [1.82, 2.24) is 10.2 Å². The van der Waals surface area contributed by atoms with Gasteiger partial charge in [0.1, 0.15) is 0 Å². The topological polar surface area (TPSA) is 15.3 Å². The van der Waals surface area contributed by atoms with Crippen LogP contribution in [0.2, 0.25) is 5.02 Å². The van der Waals surface area contributed by atoms with Crippen LogP contribution in [-0.2, 0) is 6.42 Å². The first kappa shape index (κ1) is 13.5. The minimum Gasteiger partial charge on any atom is -0.317 e. The van der Waals surface area contributed by atoms with Gasteiger partial charge in [-0.3, -0.25) is 0 Å². The molecule has 0 heterocycles. The summed E-state index contributed by atoms with van der Waals surface area (Å²) in [6.07, 6.45) is 2.18. The van der Waals surface area contributed by atoms with Crippen LogP contribution >= 0.6 is 11.6 Å². The van der Waals surface area contributed by atoms with E-state index in [0.29, 0.717) is 6.04 Å². The summed E-state index contributed by atoms with van der Waals surface area (Å²) in [6.45, 7) is 1.10. The van der Waals surface area contributed by atoms with Crippen molar-refractivity contribution in [2.75, 3.05) is 27.7 Å². The zero-order valence-corrected chi connectivity index (χ0v) is 11.1. The van der Waals surface area contributed by atoms with Crippen LogP contribution in [0.1, 0.15) is 12.0 Å². The molecule has 3 heteroatoms. The van der Waals surface area contributed by atoms with E-state index in [4.69, 9.17) is 11.6 Å². The van der Waals surface area contributed by atoms with Crippen LogP contribution in [0.4, 0.5) is 0 Å². The monoisotopic (exact) mass is 240 g/mol. The second-order valence-electron chi connectivity index (χ2n) is 4.41. The average Bonchev–Trinajstić information content (AvgIpc) is 2.24. The SMILES string of the molecule is CNC(CCN(C)C)Cc1cccc(Cl)c1. The summed E-state index contributed by atoms with van der Waals surface area (Å²) in [5, 5.41) is 4.18. The van der Waals surface area contributed by atoms with E-state index in [0.717, 1.165) is 24.4 Å². The van der Waals surface area contributed by atoms with Crippen molar-refractivity contribution in [2.45, 2.75) is 18.9 Å². The number of nitrogens with zero attached hydrogens (tertiary/aromatic N) is 1. The lowest BCUT2D eigenvalue weighted by atomic mass is 10.0. The van der Waals surface area contributed by atoms with E-state index in [1.165, 1.54) is 5.56 Å². The number of likely N-dealkylation sites (N-methyl/N-ethyl adjacent to an activating group) is 1. The molecule has 0 saturated carbocycles. The zero-order valence-electron chi connectivity index (χ0n) is 10.3. The third-order valence-corrected chi connectivity index (χ3v) is 2.94. The van der Waals surface area contributed by atoms with Gasteiger partial charge in [0.15, 0.2) is 0 Å². The smallest absolute Gasteiger partial charge is 0.0408 e. The maximum atomic E-state index is 5.97. The molecular formula is C13H21ClN2. The van der Waals surface area contributed by atoms with E-state index in [1.54, 1.807) is 0 Å². The first-order chi connectivity index (χ1) is 7.61. The van der Waals surface area contributed by atoms with Gasteiger partial charge in [0.05, 0.1) is 0 Å². The van der Waals surface area contributed by atoms with Crippen molar-refractivity contribution in [3.05, 3.63) is 34.9 Å². The number of benzene rings is 1. The maximum Gasteiger partial charge on any atom is 0.0408 e. The molecule has 16 heavy (non-hydrogen) atoms. The average molecular weight is 241 g/mol. The van der Waals surface area contributed by atoms with Crippen LogP contribution in [0.15, 0.2) is 24.3 Å². The van der Waals surface area contributed by atoms with Gasteiger partial charge in [0.2, 0.25) is 0 Å². The molecule has 0 aliphatic rings. The van der Waals surface area contributed by atoms with Gasteiger partial charge in [-0.05, 0) is 58.2 Å². The highest BCUT2D eigenvalue weighted by molar-refractivity contribution is 6.30. The molecule has 1 unspecified atom stereocenters. The number of rotatable bonds is 6. The van der Waals surface area contributed by atoms with Crippen LogP contribution < -0.4 is 5.32 Å². The summed E-state index contributed by atoms with van der Waals surface area (Å²) in [7, 11) is 6.23. The maximum absolute atomic E-state index is 5.97. The van der Waals surface area contributed by atoms with Gasteiger partial charge in [-0.1, -0.05) is 23.7 Å². The molecule has 0 aliphatic heterocycles. The lowest BCUT2D eigenvalue weighted by molar-refractivity contribution is 0.364. The van der Waals surface area contributed by atoms with E-state index in [-0.39, 0.29) is 0 Å². The third-order valence-electron chi connectivity index (χ3n) is 2.70. The molecule has 0 amide bonds. The van der Waals surface area contributed by atoms with Crippen molar-refractivity contribution < 1.29 is 0 Å². The summed E-state index contributed by atoms with van der Waals surface area (Å²) in [4.78, 5) is 2.21. The molecule has 1 atom stereocenters. The Morgan fingerprint density at radius 1 is 1.38 bits per heavy atom. The highest BCUT2D eigenvalue weighted by atomic mass is 35.5. The van der Waals surface area contributed by atoms with Crippen molar-refractivity contribution in [3.63, 3.8) is 0 Å². The molecule has 0 aromatic heterocycles. The molecule has 0 aliphatic carbocycles. The van der Waals surface area contributed by atoms with Gasteiger partial charge in [0.25, 0.3) is 0 Å². The predicted octanol–water partition coefficient (Wildman–Crippen LogP) is 2.42. The molecule has 0 bridgehead atoms. The van der Waals surface area contributed by atoms with Crippen molar-refractivity contribution in [3.8, 4) is 0 Å². The fourth-order valence-corrected chi connectivity index (χ4v) is 1.92. The molecule has 90 valence electrons. The van der Waals surface area contributed by atoms with E-state index in [9.17, 15) is 0 Å². The summed E-state index contributed by atoms with van der Waals surface area (Å²) >= 11 is 5.97. The van der Waals surface area contributed by atoms with Gasteiger partial charge in [0, 0.05) is 11.1 Å². The summed E-state index contributed by atoms with van der Waals surface area (Å²) in [6, 6.07) is 8.61. The van der Waals surface area contributed by atoms with E-state index in [2.05, 4.69) is 30.4 Å². The number of hydrogen-bond donors (Lipinski definition) is 1. The number of hydrogen-bond acceptors (Lipinski definition) is 2. The van der Waals surface area contributed by atoms with Crippen LogP contribution in [0.5, 0.6) is 0 Å². The lowest BCUT2D eigenvalue weighted by Crippen LogP contribution is -2.31. The Bertz CT molecular complexity index is 313. The largest absolute Gasteiger partial charge is 0.317 e. The summed E-state index contributed by atoms with van der Waals surface area (Å²) < 4.78 is 0. The summed E-state index contributed by atoms with van der Waals surface area (Å²) in [5.74, 6) is 0. The third kappa shape index (κ3) is 4.97. The van der Waals surface area contributed by atoms with E-state index >= 15 is 0 Å². The normalized spacial score (nSPS) is 13.1. The second kappa shape index (κ2) is 6.89. The molecular weight excluding hydrogens is 220 g/mol. The molecule has 2 nitrogen and oxygen atoms in total. The number of nitrogens with one attached hydrogen (secondary N) is 1. The number of halogens is 1. The van der Waals surface area contributed by atoms with Gasteiger partial charge in [-0.25, -0.2) is 0 Å². The standard InChI is InChI=1S/C13H21ClN2/c1-15-13(7-8-16(2)3)10-11-5-4-6-12(14)9-11/h4-6,9,13,15H,7-8,10H2,1-3H3. The molecule has 0 radical (unpaired) electrons. The Morgan fingerprint density at radius 2 is 2.12 bits per heavy atom. The van der Waals surface area contributed by atoms with Crippen molar-refractivity contribution in [1.29, 1.82) is 0 Å². The fraction of sp³-hybridized carbons (Fsp3) is 0.538. The Morgan fingerprint density at radius 3 is 2.69 bits per heavy atom. The minimum atomic E-state index is 0.515. The van der Waals surface area contributed by atoms with E-state index in [1.807, 2.05) is 25.2 Å². The minimum absolute atomic E-state index is 0.515. The quantitative estimate of drug-likeness (QED) is 0.822. The van der Waals surface area contributed by atoms with Gasteiger partial charge >= 0.3 is 0 Å². The highest BCUT2D eigenvalue weighted by Crippen LogP contribution is 2.13. The fourth-order valence-electron chi connectivity index (χ4n) is 1.71. The Labute approximate surface area is 104 Å². The second-order valence-corrected chi connectivity index (χ2v) is 4.85. The molecule has 1 rings (SSSR count). The first-order valence-corrected chi connectivity index (χ1v) is 6.06. The lowest BCUT2D eigenvalue weighted by Gasteiger charge is -2.18. The molecule has 1 aromatic rings. The van der Waals surface area contributed by atoms with Crippen LogP contribution in [0.25, 0.3) is 0 Å². The van der Waals surface area contributed by atoms with Crippen LogP contribution in [0.3, 0.4) is 0 Å². The van der Waals surface area contributed by atoms with Gasteiger partial charge < -0.3 is 10.2 Å². The molecule has 1 N–H and O–H groups in total. The molecule has 1 aromatic carbocycles. The highest BCUT2D eigenvalue weighted by Gasteiger charge is 2.07. The Balaban J connectivity index is 2.49.